The zero-order chi connectivity index (χ0) is 15.8. The van der Waals surface area contributed by atoms with Crippen LogP contribution in [0, 0.1) is 0 Å². The number of thiophene rings is 1. The molecule has 0 aliphatic rings. The minimum atomic E-state index is -1.10. The van der Waals surface area contributed by atoms with E-state index in [1.165, 1.54) is 18.7 Å². The molecule has 1 heterocycles. The number of aliphatic carboxylic acids is 1. The van der Waals surface area contributed by atoms with Crippen LogP contribution in [0.1, 0.15) is 12.5 Å². The number of carboxylic acid groups (broad SMARTS) is 1. The molecule has 0 aliphatic carbocycles. The Morgan fingerprint density at radius 3 is 2.71 bits per heavy atom. The van der Waals surface area contributed by atoms with Gasteiger partial charge >= 0.3 is 5.97 Å². The highest BCUT2D eigenvalue weighted by Crippen LogP contribution is 2.10. The van der Waals surface area contributed by atoms with Crippen molar-refractivity contribution in [2.75, 3.05) is 18.6 Å². The topological polar surface area (TPSA) is 86.7 Å². The van der Waals surface area contributed by atoms with E-state index in [1.807, 2.05) is 16.8 Å². The largest absolute Gasteiger partial charge is 0.480 e. The van der Waals surface area contributed by atoms with Crippen LogP contribution >= 0.6 is 23.1 Å². The Morgan fingerprint density at radius 2 is 2.19 bits per heavy atom. The van der Waals surface area contributed by atoms with Gasteiger partial charge in [0.15, 0.2) is 0 Å². The molecule has 1 aromatic rings. The minimum Gasteiger partial charge on any atom is -0.480 e. The van der Waals surface area contributed by atoms with E-state index in [4.69, 9.17) is 5.11 Å². The van der Waals surface area contributed by atoms with Crippen LogP contribution < -0.4 is 5.32 Å². The molecule has 1 rings (SSSR count). The standard InChI is InChI=1S/C13H18N2O4S2/c1-9(16)14-11(13(18)19)7-21-8-12(17)15(2)5-10-3-4-20-6-10/h3-4,6,11H,5,7-8H2,1-2H3,(H,14,16)(H,18,19). The predicted octanol–water partition coefficient (Wildman–Crippen LogP) is 1.03. The van der Waals surface area contributed by atoms with Crippen molar-refractivity contribution in [3.05, 3.63) is 22.4 Å². The first-order valence-electron chi connectivity index (χ1n) is 6.23. The van der Waals surface area contributed by atoms with Gasteiger partial charge in [-0.25, -0.2) is 4.79 Å². The molecular weight excluding hydrogens is 312 g/mol. The third kappa shape index (κ3) is 6.63. The third-order valence-electron chi connectivity index (χ3n) is 2.61. The minimum absolute atomic E-state index is 0.0711. The van der Waals surface area contributed by atoms with E-state index in [9.17, 15) is 14.4 Å². The number of carbonyl (C=O) groups excluding carboxylic acids is 2. The maximum atomic E-state index is 11.9. The summed E-state index contributed by atoms with van der Waals surface area (Å²) >= 11 is 2.77. The van der Waals surface area contributed by atoms with Crippen LogP contribution in [0.4, 0.5) is 0 Å². The van der Waals surface area contributed by atoms with E-state index in [-0.39, 0.29) is 17.4 Å². The van der Waals surface area contributed by atoms with Crippen LogP contribution in [0.15, 0.2) is 16.8 Å². The fourth-order valence-electron chi connectivity index (χ4n) is 1.54. The molecule has 2 amide bonds. The Labute approximate surface area is 131 Å². The van der Waals surface area contributed by atoms with Gasteiger partial charge in [0, 0.05) is 26.3 Å². The number of hydrogen-bond acceptors (Lipinski definition) is 5. The lowest BCUT2D eigenvalue weighted by Crippen LogP contribution is -2.41. The summed E-state index contributed by atoms with van der Waals surface area (Å²) in [7, 11) is 1.71. The van der Waals surface area contributed by atoms with Crippen molar-refractivity contribution >= 4 is 40.9 Å². The van der Waals surface area contributed by atoms with Crippen molar-refractivity contribution in [1.82, 2.24) is 10.2 Å². The van der Waals surface area contributed by atoms with Crippen LogP contribution in [0.25, 0.3) is 0 Å². The second kappa shape index (κ2) is 8.68. The van der Waals surface area contributed by atoms with Gasteiger partial charge in [-0.2, -0.15) is 11.3 Å². The van der Waals surface area contributed by atoms with E-state index in [1.54, 1.807) is 23.3 Å². The fourth-order valence-corrected chi connectivity index (χ4v) is 3.17. The van der Waals surface area contributed by atoms with Crippen LogP contribution in [0.3, 0.4) is 0 Å². The highest BCUT2D eigenvalue weighted by atomic mass is 32.2. The number of carboxylic acids is 1. The maximum Gasteiger partial charge on any atom is 0.327 e. The summed E-state index contributed by atoms with van der Waals surface area (Å²) in [6.45, 7) is 1.80. The van der Waals surface area contributed by atoms with Crippen molar-refractivity contribution in [2.45, 2.75) is 19.5 Å². The molecule has 0 fully saturated rings. The molecule has 2 N–H and O–H groups in total. The molecule has 0 radical (unpaired) electrons. The number of nitrogens with zero attached hydrogens (tertiary/aromatic N) is 1. The molecule has 8 heteroatoms. The van der Waals surface area contributed by atoms with Gasteiger partial charge in [-0.15, -0.1) is 11.8 Å². The van der Waals surface area contributed by atoms with Crippen LogP contribution in [-0.2, 0) is 20.9 Å². The van der Waals surface area contributed by atoms with Gasteiger partial charge in [0.2, 0.25) is 11.8 Å². The summed E-state index contributed by atoms with van der Waals surface area (Å²) in [5, 5.41) is 15.2. The lowest BCUT2D eigenvalue weighted by atomic mass is 10.3. The summed E-state index contributed by atoms with van der Waals surface area (Å²) < 4.78 is 0. The fraction of sp³-hybridized carbons (Fsp3) is 0.462. The summed E-state index contributed by atoms with van der Waals surface area (Å²) in [5.74, 6) is -1.23. The van der Waals surface area contributed by atoms with Gasteiger partial charge in [-0.05, 0) is 22.4 Å². The van der Waals surface area contributed by atoms with Gasteiger partial charge in [0.05, 0.1) is 5.75 Å². The van der Waals surface area contributed by atoms with Crippen molar-refractivity contribution in [1.29, 1.82) is 0 Å². The Bertz CT molecular complexity index is 490. The van der Waals surface area contributed by atoms with E-state index in [0.717, 1.165) is 5.56 Å². The average molecular weight is 330 g/mol. The highest BCUT2D eigenvalue weighted by molar-refractivity contribution is 8.00. The molecule has 0 bridgehead atoms. The van der Waals surface area contributed by atoms with Gasteiger partial charge in [0.1, 0.15) is 6.04 Å². The van der Waals surface area contributed by atoms with Gasteiger partial charge in [-0.1, -0.05) is 0 Å². The first-order chi connectivity index (χ1) is 9.90. The van der Waals surface area contributed by atoms with Crippen molar-refractivity contribution < 1.29 is 19.5 Å². The van der Waals surface area contributed by atoms with E-state index in [2.05, 4.69) is 5.32 Å². The summed E-state index contributed by atoms with van der Waals surface area (Å²) in [6, 6.07) is 0.987. The third-order valence-corrected chi connectivity index (χ3v) is 4.36. The molecule has 0 spiro atoms. The number of rotatable bonds is 8. The number of thioether (sulfide) groups is 1. The second-order valence-electron chi connectivity index (χ2n) is 4.49. The second-order valence-corrected chi connectivity index (χ2v) is 6.30. The molecule has 6 nitrogen and oxygen atoms in total. The molecule has 0 saturated heterocycles. The Balaban J connectivity index is 2.34. The number of amides is 2. The van der Waals surface area contributed by atoms with Crippen LogP contribution in [0.5, 0.6) is 0 Å². The van der Waals surface area contributed by atoms with Gasteiger partial charge < -0.3 is 15.3 Å². The first-order valence-corrected chi connectivity index (χ1v) is 8.32. The first kappa shape index (κ1) is 17.5. The Morgan fingerprint density at radius 1 is 1.48 bits per heavy atom. The summed E-state index contributed by atoms with van der Waals surface area (Å²) in [5.41, 5.74) is 1.07. The molecule has 116 valence electrons. The van der Waals surface area contributed by atoms with Gasteiger partial charge in [-0.3, -0.25) is 9.59 Å². The molecule has 21 heavy (non-hydrogen) atoms. The molecule has 1 unspecified atom stereocenters. The maximum absolute atomic E-state index is 11.9. The highest BCUT2D eigenvalue weighted by Gasteiger charge is 2.19. The van der Waals surface area contributed by atoms with Crippen molar-refractivity contribution in [3.8, 4) is 0 Å². The smallest absolute Gasteiger partial charge is 0.327 e. The van der Waals surface area contributed by atoms with E-state index < -0.39 is 17.9 Å². The van der Waals surface area contributed by atoms with Crippen molar-refractivity contribution in [3.63, 3.8) is 0 Å². The number of nitrogens with one attached hydrogen (secondary N) is 1. The zero-order valence-electron chi connectivity index (χ0n) is 11.9. The van der Waals surface area contributed by atoms with Gasteiger partial charge in [0.25, 0.3) is 0 Å². The molecular formula is C13H18N2O4S2. The summed E-state index contributed by atoms with van der Waals surface area (Å²) in [6.07, 6.45) is 0. The number of hydrogen-bond donors (Lipinski definition) is 2. The normalized spacial score (nSPS) is 11.7. The Kier molecular flexibility index (Phi) is 7.24. The van der Waals surface area contributed by atoms with Crippen LogP contribution in [-0.4, -0.2) is 52.4 Å². The lowest BCUT2D eigenvalue weighted by Gasteiger charge is -2.17. The van der Waals surface area contributed by atoms with Crippen LogP contribution in [0.2, 0.25) is 0 Å². The Hall–Kier alpha value is -1.54. The zero-order valence-corrected chi connectivity index (χ0v) is 13.5. The monoisotopic (exact) mass is 330 g/mol. The predicted molar refractivity (Wildman–Crippen MR) is 83.4 cm³/mol. The molecule has 0 aromatic carbocycles. The van der Waals surface area contributed by atoms with E-state index >= 15 is 0 Å². The average Bonchev–Trinajstić information content (AvgIpc) is 2.89. The van der Waals surface area contributed by atoms with Crippen molar-refractivity contribution in [2.24, 2.45) is 0 Å². The number of carbonyl (C=O) groups is 3. The molecule has 0 aliphatic heterocycles. The molecule has 1 atom stereocenters. The molecule has 0 saturated carbocycles. The lowest BCUT2D eigenvalue weighted by molar-refractivity contribution is -0.140. The summed E-state index contributed by atoms with van der Waals surface area (Å²) in [4.78, 5) is 35.3. The molecule has 1 aromatic heterocycles. The SMILES string of the molecule is CC(=O)NC(CSCC(=O)N(C)Cc1ccsc1)C(=O)O. The quantitative estimate of drug-likeness (QED) is 0.743. The van der Waals surface area contributed by atoms with E-state index in [0.29, 0.717) is 6.54 Å².